The number of alkyl halides is 3. The summed E-state index contributed by atoms with van der Waals surface area (Å²) in [5.74, 6) is -5.21. The third-order valence-electron chi connectivity index (χ3n) is 8.15. The van der Waals surface area contributed by atoms with Crippen LogP contribution < -0.4 is 20.8 Å². The highest BCUT2D eigenvalue weighted by molar-refractivity contribution is 6.63. The first-order valence-electron chi connectivity index (χ1n) is 13.9. The van der Waals surface area contributed by atoms with Crippen LogP contribution in [0.5, 0.6) is 5.75 Å². The van der Waals surface area contributed by atoms with Gasteiger partial charge in [0.2, 0.25) is 0 Å². The maximum absolute atomic E-state index is 14.8. The van der Waals surface area contributed by atoms with Crippen LogP contribution in [-0.4, -0.2) is 60.2 Å². The Kier molecular flexibility index (Phi) is 9.04. The lowest BCUT2D eigenvalue weighted by molar-refractivity contribution is -0.143. The third kappa shape index (κ3) is 6.74. The van der Waals surface area contributed by atoms with Crippen molar-refractivity contribution in [1.82, 2.24) is 5.32 Å². The summed E-state index contributed by atoms with van der Waals surface area (Å²) in [6.45, 7) is 9.32. The Morgan fingerprint density at radius 3 is 2.21 bits per heavy atom. The number of aliphatic carboxylic acids is 1. The molecule has 234 valence electrons. The van der Waals surface area contributed by atoms with Crippen molar-refractivity contribution in [1.29, 1.82) is 0 Å². The maximum atomic E-state index is 14.8. The van der Waals surface area contributed by atoms with Crippen molar-refractivity contribution >= 4 is 30.1 Å². The molecule has 2 aliphatic heterocycles. The summed E-state index contributed by atoms with van der Waals surface area (Å²) in [4.78, 5) is 25.0. The molecule has 43 heavy (non-hydrogen) atoms. The van der Waals surface area contributed by atoms with Crippen molar-refractivity contribution in [3.8, 4) is 5.75 Å². The van der Waals surface area contributed by atoms with Crippen molar-refractivity contribution < 1.29 is 50.7 Å². The number of fused-ring (bicyclic) bond motifs is 1. The standard InChI is InChI=1S/C29H34BF5N2O6/c1-6-22(29(33,34)35)36-16-13-19(31)23(20(32)14-16)25(38)37-21(26(39)40)12-15-9-10-18(24-17(15)8-7-11-41-24)30-42-27(2,3)28(4,5)43-30/h9-10,13-14,21-22,36H,6-8,11-12H2,1-5H3,(H,37,38)(H,39,40). The summed E-state index contributed by atoms with van der Waals surface area (Å²) >= 11 is 0. The number of benzene rings is 2. The molecule has 3 N–H and O–H groups in total. The normalized spacial score (nSPS) is 18.8. The number of nitrogens with one attached hydrogen (secondary N) is 2. The van der Waals surface area contributed by atoms with Gasteiger partial charge in [0.25, 0.3) is 5.91 Å². The van der Waals surface area contributed by atoms with Gasteiger partial charge in [-0.25, -0.2) is 13.6 Å². The second kappa shape index (κ2) is 12.0. The molecule has 0 bridgehead atoms. The average Bonchev–Trinajstić information content (AvgIpc) is 3.11. The average molecular weight is 612 g/mol. The lowest BCUT2D eigenvalue weighted by atomic mass is 9.75. The minimum absolute atomic E-state index is 0.233. The number of carboxylic acids is 1. The highest BCUT2D eigenvalue weighted by Gasteiger charge is 2.53. The van der Waals surface area contributed by atoms with Crippen molar-refractivity contribution in [3.63, 3.8) is 0 Å². The SMILES string of the molecule is CCC(Nc1cc(F)c(C(=O)NC(Cc2ccc(B3OC(C)(C)C(C)(C)O3)c3c2CCCO3)C(=O)O)c(F)c1)C(F)(F)F. The Balaban J connectivity index is 1.56. The van der Waals surface area contributed by atoms with Gasteiger partial charge in [-0.15, -0.1) is 0 Å². The van der Waals surface area contributed by atoms with E-state index in [4.69, 9.17) is 14.0 Å². The summed E-state index contributed by atoms with van der Waals surface area (Å²) in [5.41, 5.74) is -0.946. The largest absolute Gasteiger partial charge is 0.498 e. The molecule has 8 nitrogen and oxygen atoms in total. The second-order valence-corrected chi connectivity index (χ2v) is 11.7. The lowest BCUT2D eigenvalue weighted by Gasteiger charge is -2.32. The van der Waals surface area contributed by atoms with Crippen LogP contribution in [-0.2, 0) is 26.9 Å². The number of hydrogen-bond donors (Lipinski definition) is 3. The predicted octanol–water partition coefficient (Wildman–Crippen LogP) is 4.77. The van der Waals surface area contributed by atoms with E-state index in [1.165, 1.54) is 6.92 Å². The van der Waals surface area contributed by atoms with Crippen LogP contribution in [0.25, 0.3) is 0 Å². The number of hydrogen-bond acceptors (Lipinski definition) is 6. The van der Waals surface area contributed by atoms with E-state index in [0.717, 1.165) is 0 Å². The summed E-state index contributed by atoms with van der Waals surface area (Å²) in [5, 5.41) is 14.0. The topological polar surface area (TPSA) is 106 Å². The number of carboxylic acid groups (broad SMARTS) is 1. The minimum Gasteiger partial charge on any atom is -0.494 e. The molecular formula is C29H34BF5N2O6. The van der Waals surface area contributed by atoms with Gasteiger partial charge in [0, 0.05) is 17.6 Å². The number of rotatable bonds is 9. The van der Waals surface area contributed by atoms with E-state index in [2.05, 4.69) is 5.32 Å². The van der Waals surface area contributed by atoms with Gasteiger partial charge in [-0.05, 0) is 70.2 Å². The van der Waals surface area contributed by atoms with Crippen molar-refractivity contribution in [2.24, 2.45) is 0 Å². The summed E-state index contributed by atoms with van der Waals surface area (Å²) in [6.07, 6.45) is -4.10. The molecule has 0 saturated carbocycles. The Morgan fingerprint density at radius 2 is 1.67 bits per heavy atom. The van der Waals surface area contributed by atoms with Crippen LogP contribution in [0, 0.1) is 11.6 Å². The molecule has 2 unspecified atom stereocenters. The molecule has 0 aliphatic carbocycles. The van der Waals surface area contributed by atoms with Gasteiger partial charge in [0.1, 0.15) is 35.0 Å². The second-order valence-electron chi connectivity index (χ2n) is 11.7. The molecule has 4 rings (SSSR count). The van der Waals surface area contributed by atoms with E-state index in [9.17, 15) is 36.6 Å². The van der Waals surface area contributed by atoms with E-state index in [-0.39, 0.29) is 6.42 Å². The quantitative estimate of drug-likeness (QED) is 0.277. The van der Waals surface area contributed by atoms with Crippen LogP contribution in [0.1, 0.15) is 68.9 Å². The highest BCUT2D eigenvalue weighted by atomic mass is 19.4. The number of amides is 1. The highest BCUT2D eigenvalue weighted by Crippen LogP contribution is 2.38. The van der Waals surface area contributed by atoms with E-state index in [0.29, 0.717) is 53.9 Å². The summed E-state index contributed by atoms with van der Waals surface area (Å²) < 4.78 is 87.2. The predicted molar refractivity (Wildman–Crippen MR) is 149 cm³/mol. The number of anilines is 1. The van der Waals surface area contributed by atoms with Gasteiger partial charge in [0.05, 0.1) is 17.8 Å². The zero-order valence-electron chi connectivity index (χ0n) is 24.5. The van der Waals surface area contributed by atoms with E-state index < -0.39 is 77.8 Å². The van der Waals surface area contributed by atoms with Crippen molar-refractivity contribution in [2.45, 2.75) is 89.8 Å². The van der Waals surface area contributed by atoms with E-state index >= 15 is 0 Å². The van der Waals surface area contributed by atoms with Crippen LogP contribution in [0.3, 0.4) is 0 Å². The molecule has 0 spiro atoms. The Labute approximate surface area is 246 Å². The van der Waals surface area contributed by atoms with Gasteiger partial charge in [-0.3, -0.25) is 4.79 Å². The van der Waals surface area contributed by atoms with Crippen LogP contribution >= 0.6 is 0 Å². The summed E-state index contributed by atoms with van der Waals surface area (Å²) in [7, 11) is -0.729. The maximum Gasteiger partial charge on any atom is 0.498 e. The first-order chi connectivity index (χ1) is 19.9. The number of halogens is 5. The van der Waals surface area contributed by atoms with Gasteiger partial charge in [-0.1, -0.05) is 19.1 Å². The molecule has 2 atom stereocenters. The zero-order valence-corrected chi connectivity index (χ0v) is 24.5. The van der Waals surface area contributed by atoms with Crippen molar-refractivity contribution in [3.05, 3.63) is 52.6 Å². The number of carbonyl (C=O) groups excluding carboxylic acids is 1. The van der Waals surface area contributed by atoms with Gasteiger partial charge >= 0.3 is 19.3 Å². The zero-order chi connectivity index (χ0) is 31.9. The first-order valence-corrected chi connectivity index (χ1v) is 13.9. The number of carbonyl (C=O) groups is 2. The molecule has 2 aromatic carbocycles. The molecule has 0 aromatic heterocycles. The van der Waals surface area contributed by atoms with Gasteiger partial charge < -0.3 is 29.8 Å². The molecule has 2 heterocycles. The monoisotopic (exact) mass is 612 g/mol. The van der Waals surface area contributed by atoms with Crippen LogP contribution in [0.15, 0.2) is 24.3 Å². The molecule has 0 radical (unpaired) electrons. The Bertz CT molecular complexity index is 1360. The Hall–Kier alpha value is -3.39. The van der Waals surface area contributed by atoms with Crippen molar-refractivity contribution in [2.75, 3.05) is 11.9 Å². The van der Waals surface area contributed by atoms with Gasteiger partial charge in [-0.2, -0.15) is 13.2 Å². The van der Waals surface area contributed by atoms with E-state index in [1.54, 1.807) is 12.1 Å². The Morgan fingerprint density at radius 1 is 1.07 bits per heavy atom. The third-order valence-corrected chi connectivity index (χ3v) is 8.15. The van der Waals surface area contributed by atoms with Crippen LogP contribution in [0.4, 0.5) is 27.6 Å². The number of ether oxygens (including phenoxy) is 1. The molecule has 2 aliphatic rings. The molecule has 14 heteroatoms. The summed E-state index contributed by atoms with van der Waals surface area (Å²) in [6, 6.07) is 0.857. The first kappa shape index (κ1) is 32.5. The van der Waals surface area contributed by atoms with Crippen LogP contribution in [0.2, 0.25) is 0 Å². The molecule has 1 fully saturated rings. The lowest BCUT2D eigenvalue weighted by Crippen LogP contribution is -2.43. The molecular weight excluding hydrogens is 578 g/mol. The minimum atomic E-state index is -4.67. The fourth-order valence-corrected chi connectivity index (χ4v) is 5.04. The fraction of sp³-hybridized carbons (Fsp3) is 0.517. The smallest absolute Gasteiger partial charge is 0.494 e. The van der Waals surface area contributed by atoms with Gasteiger partial charge in [0.15, 0.2) is 0 Å². The fourth-order valence-electron chi connectivity index (χ4n) is 5.04. The molecule has 1 saturated heterocycles. The van der Waals surface area contributed by atoms with E-state index in [1.807, 2.05) is 33.0 Å². The molecule has 2 aromatic rings. The molecule has 1 amide bonds.